The third kappa shape index (κ3) is 3.61. The van der Waals surface area contributed by atoms with Gasteiger partial charge in [0, 0.05) is 11.8 Å². The lowest BCUT2D eigenvalue weighted by Gasteiger charge is -2.17. The molecule has 1 aromatic carbocycles. The first kappa shape index (κ1) is 14.1. The van der Waals surface area contributed by atoms with E-state index in [9.17, 15) is 9.59 Å². The van der Waals surface area contributed by atoms with Crippen molar-refractivity contribution in [2.45, 2.75) is 6.92 Å². The first-order valence-corrected chi connectivity index (χ1v) is 6.22. The number of aliphatic carboxylic acids is 1. The highest BCUT2D eigenvalue weighted by atomic mass is 16.7. The fraction of sp³-hybridized carbons (Fsp3) is 0.385. The Labute approximate surface area is 116 Å². The second-order valence-electron chi connectivity index (χ2n) is 4.31. The number of anilines is 1. The van der Waals surface area contributed by atoms with Gasteiger partial charge in [-0.2, -0.15) is 0 Å². The van der Waals surface area contributed by atoms with Crippen molar-refractivity contribution in [3.63, 3.8) is 0 Å². The molecule has 1 aliphatic rings. The van der Waals surface area contributed by atoms with Gasteiger partial charge >= 0.3 is 5.97 Å². The van der Waals surface area contributed by atoms with Crippen molar-refractivity contribution < 1.29 is 24.2 Å². The number of nitrogens with zero attached hydrogens (tertiary/aromatic N) is 1. The molecule has 0 aliphatic carbocycles. The van der Waals surface area contributed by atoms with Crippen LogP contribution in [0.4, 0.5) is 5.69 Å². The minimum absolute atomic E-state index is 0.0250. The Hall–Kier alpha value is -2.28. The number of ether oxygens (including phenoxy) is 2. The lowest BCUT2D eigenvalue weighted by Crippen LogP contribution is -2.36. The number of nitrogens with one attached hydrogen (secondary N) is 1. The topological polar surface area (TPSA) is 88.1 Å². The van der Waals surface area contributed by atoms with E-state index in [0.29, 0.717) is 23.7 Å². The fourth-order valence-electron chi connectivity index (χ4n) is 1.85. The number of hydrogen-bond donors (Lipinski definition) is 2. The lowest BCUT2D eigenvalue weighted by molar-refractivity contribution is -0.138. The highest BCUT2D eigenvalue weighted by Crippen LogP contribution is 2.34. The van der Waals surface area contributed by atoms with Crippen LogP contribution in [0.3, 0.4) is 0 Å². The van der Waals surface area contributed by atoms with E-state index in [-0.39, 0.29) is 25.8 Å². The van der Waals surface area contributed by atoms with Crippen LogP contribution in [-0.4, -0.2) is 48.3 Å². The Morgan fingerprint density at radius 3 is 2.75 bits per heavy atom. The van der Waals surface area contributed by atoms with Crippen LogP contribution in [0.1, 0.15) is 6.92 Å². The predicted octanol–water partition coefficient (Wildman–Crippen LogP) is 0.760. The molecule has 0 fully saturated rings. The number of amides is 1. The third-order valence-electron chi connectivity index (χ3n) is 2.83. The Bertz CT molecular complexity index is 517. The largest absolute Gasteiger partial charge is 0.480 e. The van der Waals surface area contributed by atoms with Crippen LogP contribution >= 0.6 is 0 Å². The highest BCUT2D eigenvalue weighted by molar-refractivity contribution is 5.92. The summed E-state index contributed by atoms with van der Waals surface area (Å²) in [7, 11) is 0. The number of carboxylic acids is 1. The molecule has 108 valence electrons. The van der Waals surface area contributed by atoms with E-state index < -0.39 is 5.97 Å². The Kier molecular flexibility index (Phi) is 4.41. The average Bonchev–Trinajstić information content (AvgIpc) is 2.84. The number of rotatable bonds is 6. The predicted molar refractivity (Wildman–Crippen MR) is 70.9 cm³/mol. The molecule has 20 heavy (non-hydrogen) atoms. The number of carbonyl (C=O) groups excluding carboxylic acids is 1. The Balaban J connectivity index is 1.92. The number of carbonyl (C=O) groups is 2. The molecule has 0 saturated carbocycles. The van der Waals surface area contributed by atoms with Gasteiger partial charge in [0.2, 0.25) is 12.7 Å². The van der Waals surface area contributed by atoms with Gasteiger partial charge in [0.1, 0.15) is 0 Å². The highest BCUT2D eigenvalue weighted by Gasteiger charge is 2.16. The van der Waals surface area contributed by atoms with Gasteiger partial charge in [-0.25, -0.2) is 0 Å². The average molecular weight is 280 g/mol. The SMILES string of the molecule is CCN(CC(=O)O)CC(=O)Nc1ccc2c(c1)OCO2. The van der Waals surface area contributed by atoms with Crippen LogP contribution in [0.5, 0.6) is 11.5 Å². The summed E-state index contributed by atoms with van der Waals surface area (Å²) in [5.74, 6) is -0.000519. The van der Waals surface area contributed by atoms with E-state index in [1.165, 1.54) is 4.90 Å². The van der Waals surface area contributed by atoms with Crippen molar-refractivity contribution in [3.8, 4) is 11.5 Å². The molecule has 0 aromatic heterocycles. The zero-order valence-electron chi connectivity index (χ0n) is 11.1. The third-order valence-corrected chi connectivity index (χ3v) is 2.83. The molecular weight excluding hydrogens is 264 g/mol. The van der Waals surface area contributed by atoms with Crippen molar-refractivity contribution >= 4 is 17.6 Å². The van der Waals surface area contributed by atoms with Crippen molar-refractivity contribution in [1.29, 1.82) is 0 Å². The summed E-state index contributed by atoms with van der Waals surface area (Å²) in [6.45, 7) is 2.33. The first-order chi connectivity index (χ1) is 9.58. The van der Waals surface area contributed by atoms with Gasteiger partial charge in [-0.15, -0.1) is 0 Å². The van der Waals surface area contributed by atoms with Gasteiger partial charge in [0.15, 0.2) is 11.5 Å². The van der Waals surface area contributed by atoms with Gasteiger partial charge in [0.25, 0.3) is 0 Å². The maximum Gasteiger partial charge on any atom is 0.317 e. The van der Waals surface area contributed by atoms with E-state index in [1.807, 2.05) is 0 Å². The van der Waals surface area contributed by atoms with Gasteiger partial charge in [0.05, 0.1) is 13.1 Å². The zero-order chi connectivity index (χ0) is 14.5. The molecule has 7 nitrogen and oxygen atoms in total. The monoisotopic (exact) mass is 280 g/mol. The van der Waals surface area contributed by atoms with Crippen LogP contribution in [-0.2, 0) is 9.59 Å². The number of hydrogen-bond acceptors (Lipinski definition) is 5. The quantitative estimate of drug-likeness (QED) is 0.800. The lowest BCUT2D eigenvalue weighted by atomic mass is 10.2. The Morgan fingerprint density at radius 2 is 2.05 bits per heavy atom. The summed E-state index contributed by atoms with van der Waals surface area (Å²) in [6.07, 6.45) is 0. The molecule has 1 aliphatic heterocycles. The van der Waals surface area contributed by atoms with Gasteiger partial charge in [-0.05, 0) is 18.7 Å². The minimum Gasteiger partial charge on any atom is -0.480 e. The van der Waals surface area contributed by atoms with Crippen molar-refractivity contribution in [3.05, 3.63) is 18.2 Å². The fourth-order valence-corrected chi connectivity index (χ4v) is 1.85. The zero-order valence-corrected chi connectivity index (χ0v) is 11.1. The number of benzene rings is 1. The molecule has 0 saturated heterocycles. The standard InChI is InChI=1S/C13H16N2O5/c1-2-15(7-13(17)18)6-12(16)14-9-3-4-10-11(5-9)20-8-19-10/h3-5H,2,6-8H2,1H3,(H,14,16)(H,17,18). The smallest absolute Gasteiger partial charge is 0.317 e. The first-order valence-electron chi connectivity index (χ1n) is 6.22. The van der Waals surface area contributed by atoms with E-state index in [4.69, 9.17) is 14.6 Å². The summed E-state index contributed by atoms with van der Waals surface area (Å²) in [4.78, 5) is 24.0. The molecule has 1 amide bonds. The molecule has 0 bridgehead atoms. The van der Waals surface area contributed by atoms with Crippen LogP contribution in [0.2, 0.25) is 0 Å². The van der Waals surface area contributed by atoms with Crippen LogP contribution in [0.15, 0.2) is 18.2 Å². The minimum atomic E-state index is -0.956. The molecule has 7 heteroatoms. The van der Waals surface area contributed by atoms with Crippen molar-refractivity contribution in [2.24, 2.45) is 0 Å². The van der Waals surface area contributed by atoms with Crippen LogP contribution < -0.4 is 14.8 Å². The van der Waals surface area contributed by atoms with Crippen molar-refractivity contribution in [2.75, 3.05) is 31.7 Å². The second kappa shape index (κ2) is 6.25. The number of likely N-dealkylation sites (N-methyl/N-ethyl adjacent to an activating group) is 1. The molecule has 2 rings (SSSR count). The Morgan fingerprint density at radius 1 is 1.30 bits per heavy atom. The molecule has 0 radical (unpaired) electrons. The van der Waals surface area contributed by atoms with Gasteiger partial charge in [-0.3, -0.25) is 14.5 Å². The van der Waals surface area contributed by atoms with Crippen molar-refractivity contribution in [1.82, 2.24) is 4.90 Å². The second-order valence-corrected chi connectivity index (χ2v) is 4.31. The summed E-state index contributed by atoms with van der Waals surface area (Å²) in [6, 6.07) is 5.10. The van der Waals surface area contributed by atoms with Crippen LogP contribution in [0.25, 0.3) is 0 Å². The molecule has 0 atom stereocenters. The molecule has 0 spiro atoms. The molecule has 0 unspecified atom stereocenters. The van der Waals surface area contributed by atoms with E-state index in [0.717, 1.165) is 0 Å². The van der Waals surface area contributed by atoms with Gasteiger partial charge < -0.3 is 19.9 Å². The summed E-state index contributed by atoms with van der Waals surface area (Å²) >= 11 is 0. The van der Waals surface area contributed by atoms with Gasteiger partial charge in [-0.1, -0.05) is 6.92 Å². The summed E-state index contributed by atoms with van der Waals surface area (Å²) in [5, 5.41) is 11.4. The molecule has 2 N–H and O–H groups in total. The maximum absolute atomic E-state index is 11.8. The molecule has 1 aromatic rings. The van der Waals surface area contributed by atoms with E-state index in [1.54, 1.807) is 25.1 Å². The van der Waals surface area contributed by atoms with E-state index in [2.05, 4.69) is 5.32 Å². The number of fused-ring (bicyclic) bond motifs is 1. The summed E-state index contributed by atoms with van der Waals surface area (Å²) < 4.78 is 10.4. The molecular formula is C13H16N2O5. The summed E-state index contributed by atoms with van der Waals surface area (Å²) in [5.41, 5.74) is 0.589. The maximum atomic E-state index is 11.8. The molecule has 1 heterocycles. The van der Waals surface area contributed by atoms with Crippen LogP contribution in [0, 0.1) is 0 Å². The normalized spacial score (nSPS) is 12.5. The number of carboxylic acid groups (broad SMARTS) is 1. The van der Waals surface area contributed by atoms with E-state index >= 15 is 0 Å².